The van der Waals surface area contributed by atoms with E-state index in [0.717, 1.165) is 94.6 Å². The predicted molar refractivity (Wildman–Crippen MR) is 517 cm³/mol. The molecule has 0 aromatic heterocycles. The minimum absolute atomic E-state index is 0.158. The van der Waals surface area contributed by atoms with E-state index in [2.05, 4.69) is 31.2 Å². The lowest BCUT2D eigenvalue weighted by atomic mass is 9.71. The van der Waals surface area contributed by atoms with Gasteiger partial charge in [0.25, 0.3) is 0 Å². The molecule has 15 heteroatoms. The molecule has 17 rings (SSSR count). The molecule has 0 unspecified atom stereocenters. The third-order valence-electron chi connectivity index (χ3n) is 22.4. The molecule has 0 aliphatic rings. The van der Waals surface area contributed by atoms with Crippen LogP contribution in [0.2, 0.25) is 0 Å². The minimum atomic E-state index is -0.740. The predicted octanol–water partition coefficient (Wildman–Crippen LogP) is 26.9. The molecule has 0 amide bonds. The van der Waals surface area contributed by atoms with Crippen molar-refractivity contribution in [3.63, 3.8) is 0 Å². The summed E-state index contributed by atoms with van der Waals surface area (Å²) >= 11 is 0. The molecule has 0 spiro atoms. The minimum Gasteiger partial charge on any atom is -0.508 e. The first kappa shape index (κ1) is 88.8. The van der Waals surface area contributed by atoms with Crippen LogP contribution >= 0.6 is 0 Å². The van der Waals surface area contributed by atoms with Gasteiger partial charge in [-0.3, -0.25) is 0 Å². The SMILES string of the molecule is CC(c1ccc(O)cc1)(c1ccc(OCc2cc(OCc3cc(OCc4ccccc4)cc(OCc4ccccc4)c3)cc(OCc3cc(OCc4ccccc4)cc(OCc4ccccc4)c3)c2)cc1)c1ccc(OCc2cc(OCc3cc(OCc4ccccc4)cc(OCc4ccccc4)c3)cc(OCc3cc(OCc4ccccc4)cc(OCc4ccccc4)c3)c2)cc1. The van der Waals surface area contributed by atoms with Crippen molar-refractivity contribution in [1.29, 1.82) is 0 Å². The first-order valence-electron chi connectivity index (χ1n) is 44.5. The second-order valence-corrected chi connectivity index (χ2v) is 32.5. The van der Waals surface area contributed by atoms with Crippen molar-refractivity contribution in [3.8, 4) is 86.2 Å². The van der Waals surface area contributed by atoms with E-state index in [-0.39, 0.29) is 45.4 Å². The molecule has 0 bridgehead atoms. The summed E-state index contributed by atoms with van der Waals surface area (Å²) < 4.78 is 91.9. The van der Waals surface area contributed by atoms with E-state index in [1.165, 1.54) is 0 Å². The van der Waals surface area contributed by atoms with Crippen molar-refractivity contribution in [2.45, 2.75) is 105 Å². The molecule has 0 saturated carbocycles. The molecule has 15 nitrogen and oxygen atoms in total. The first-order chi connectivity index (χ1) is 65.5. The second-order valence-electron chi connectivity index (χ2n) is 32.5. The number of phenolic OH excluding ortho intramolecular Hbond substituents is 1. The Kier molecular flexibility index (Phi) is 30.1. The summed E-state index contributed by atoms with van der Waals surface area (Å²) in [6.07, 6.45) is 0. The van der Waals surface area contributed by atoms with Crippen LogP contribution in [0.5, 0.6) is 86.2 Å². The van der Waals surface area contributed by atoms with Gasteiger partial charge in [-0.1, -0.05) is 279 Å². The molecule has 1 N–H and O–H groups in total. The van der Waals surface area contributed by atoms with Crippen LogP contribution in [0, 0.1) is 0 Å². The lowest BCUT2D eigenvalue weighted by molar-refractivity contribution is 0.273. The average Bonchev–Trinajstić information content (AvgIpc) is 0.760. The summed E-state index contributed by atoms with van der Waals surface area (Å²) in [6, 6.07) is 139. The van der Waals surface area contributed by atoms with Gasteiger partial charge in [0.1, 0.15) is 179 Å². The lowest BCUT2D eigenvalue weighted by Gasteiger charge is -2.32. The van der Waals surface area contributed by atoms with Crippen molar-refractivity contribution >= 4 is 0 Å². The maximum Gasteiger partial charge on any atom is 0.123 e. The third kappa shape index (κ3) is 26.5. The van der Waals surface area contributed by atoms with Crippen LogP contribution in [0.3, 0.4) is 0 Å². The zero-order valence-electron chi connectivity index (χ0n) is 74.0. The Morgan fingerprint density at radius 2 is 0.271 bits per heavy atom. The van der Waals surface area contributed by atoms with Gasteiger partial charge >= 0.3 is 0 Å². The molecular weight excluding hydrogens is 1660 g/mol. The summed E-state index contributed by atoms with van der Waals surface area (Å²) in [4.78, 5) is 0. The largest absolute Gasteiger partial charge is 0.508 e. The van der Waals surface area contributed by atoms with Gasteiger partial charge in [-0.15, -0.1) is 0 Å². The van der Waals surface area contributed by atoms with Gasteiger partial charge in [-0.2, -0.15) is 0 Å². The van der Waals surface area contributed by atoms with E-state index < -0.39 is 5.41 Å². The normalized spacial score (nSPS) is 11.0. The van der Waals surface area contributed by atoms with E-state index >= 15 is 0 Å². The number of ether oxygens (including phenoxy) is 14. The zero-order valence-corrected chi connectivity index (χ0v) is 74.0. The Balaban J connectivity index is 0.622. The Bertz CT molecular complexity index is 5570. The fourth-order valence-corrected chi connectivity index (χ4v) is 15.3. The summed E-state index contributed by atoms with van der Waals surface area (Å²) in [5.41, 5.74) is 15.4. The van der Waals surface area contributed by atoms with Crippen molar-refractivity contribution in [3.05, 3.63) is 519 Å². The summed E-state index contributed by atoms with van der Waals surface area (Å²) in [7, 11) is 0. The quantitative estimate of drug-likeness (QED) is 0.0360. The summed E-state index contributed by atoms with van der Waals surface area (Å²) in [5.74, 6) is 8.81. The molecule has 0 aliphatic heterocycles. The van der Waals surface area contributed by atoms with Crippen molar-refractivity contribution in [1.82, 2.24) is 0 Å². The van der Waals surface area contributed by atoms with E-state index in [1.54, 1.807) is 12.1 Å². The van der Waals surface area contributed by atoms with Gasteiger partial charge in [0.15, 0.2) is 0 Å². The maximum absolute atomic E-state index is 10.7. The Morgan fingerprint density at radius 1 is 0.143 bits per heavy atom. The van der Waals surface area contributed by atoms with Crippen LogP contribution in [0.1, 0.15) is 102 Å². The second kappa shape index (κ2) is 45.1. The fourth-order valence-electron chi connectivity index (χ4n) is 15.3. The van der Waals surface area contributed by atoms with Crippen LogP contribution in [0.15, 0.2) is 425 Å². The average molecular weight is 1760 g/mol. The standard InChI is InChI=1S/C118H102O15/c1-118(100-42-48-103(119)49-43-100,101-44-50-104(51-45-101)120-80-94-54-114(130-82-96-58-106(122-72-86-26-10-2-11-27-86)66-107(59-96)123-73-87-28-12-3-13-29-87)70-115(55-94)131-83-97-60-108(124-74-88-30-14-4-15-31-88)67-109(61-97)125-75-89-32-16-5-17-33-89)102-46-52-105(53-47-102)121-81-95-56-116(132-84-98-62-110(126-76-90-34-18-6-19-35-90)68-111(63-98)127-77-91-36-20-7-21-37-91)71-117(57-95)133-85-99-64-112(128-78-92-38-22-8-23-39-92)69-113(65-99)129-79-93-40-24-9-25-41-93/h2-71,119H,72-85H2,1H3. The van der Waals surface area contributed by atoms with Gasteiger partial charge < -0.3 is 71.4 Å². The van der Waals surface area contributed by atoms with Gasteiger partial charge in [0, 0.05) is 41.8 Å². The maximum atomic E-state index is 10.7. The number of phenols is 1. The molecule has 133 heavy (non-hydrogen) atoms. The van der Waals surface area contributed by atoms with Crippen molar-refractivity contribution in [2.75, 3.05) is 0 Å². The van der Waals surface area contributed by atoms with E-state index in [9.17, 15) is 5.11 Å². The Labute approximate surface area is 777 Å². The number of hydrogen-bond donors (Lipinski definition) is 1. The smallest absolute Gasteiger partial charge is 0.123 e. The molecule has 0 radical (unpaired) electrons. The summed E-state index contributed by atoms with van der Waals surface area (Å²) in [6.45, 7) is 6.19. The van der Waals surface area contributed by atoms with Crippen LogP contribution in [-0.2, 0) is 97.9 Å². The van der Waals surface area contributed by atoms with Crippen LogP contribution in [0.25, 0.3) is 0 Å². The van der Waals surface area contributed by atoms with Crippen LogP contribution in [-0.4, -0.2) is 5.11 Å². The Morgan fingerprint density at radius 3 is 0.421 bits per heavy atom. The monoisotopic (exact) mass is 1760 g/mol. The van der Waals surface area contributed by atoms with Crippen LogP contribution < -0.4 is 66.3 Å². The topological polar surface area (TPSA) is 149 Å². The summed E-state index contributed by atoms with van der Waals surface area (Å²) in [5, 5.41) is 10.7. The zero-order chi connectivity index (χ0) is 90.3. The van der Waals surface area contributed by atoms with E-state index in [4.69, 9.17) is 66.3 Å². The number of hydrogen-bond acceptors (Lipinski definition) is 15. The highest BCUT2D eigenvalue weighted by atomic mass is 16.5. The number of aromatic hydroxyl groups is 1. The third-order valence-corrected chi connectivity index (χ3v) is 22.4. The highest BCUT2D eigenvalue weighted by Crippen LogP contribution is 2.42. The number of rotatable bonds is 45. The molecule has 17 aromatic rings. The molecule has 0 saturated heterocycles. The highest BCUT2D eigenvalue weighted by Gasteiger charge is 2.32. The molecule has 17 aromatic carbocycles. The van der Waals surface area contributed by atoms with Gasteiger partial charge in [-0.05, 0) is 211 Å². The molecule has 0 atom stereocenters. The highest BCUT2D eigenvalue weighted by molar-refractivity contribution is 5.54. The lowest BCUT2D eigenvalue weighted by Crippen LogP contribution is -2.25. The van der Waals surface area contributed by atoms with Crippen molar-refractivity contribution in [2.24, 2.45) is 0 Å². The van der Waals surface area contributed by atoms with Gasteiger partial charge in [0.2, 0.25) is 0 Å². The van der Waals surface area contributed by atoms with E-state index in [1.807, 2.05) is 388 Å². The fraction of sp³-hybridized carbons (Fsp3) is 0.136. The molecule has 664 valence electrons. The molecule has 0 aliphatic carbocycles. The van der Waals surface area contributed by atoms with Gasteiger partial charge in [-0.25, -0.2) is 0 Å². The van der Waals surface area contributed by atoms with Crippen LogP contribution in [0.4, 0.5) is 0 Å². The van der Waals surface area contributed by atoms with Crippen molar-refractivity contribution < 1.29 is 71.4 Å². The molecule has 0 heterocycles. The van der Waals surface area contributed by atoms with E-state index in [0.29, 0.717) is 133 Å². The Hall–Kier alpha value is -16.3. The molecular formula is C118H102O15. The molecule has 0 fully saturated rings. The van der Waals surface area contributed by atoms with Gasteiger partial charge in [0.05, 0.1) is 0 Å². The first-order valence-corrected chi connectivity index (χ1v) is 44.5. The number of benzene rings is 17.